The summed E-state index contributed by atoms with van der Waals surface area (Å²) in [7, 11) is 1.96. The van der Waals surface area contributed by atoms with Crippen LogP contribution in [-0.2, 0) is 0 Å². The number of hydrogen-bond donors (Lipinski definition) is 1. The van der Waals surface area contributed by atoms with Crippen molar-refractivity contribution in [2.75, 3.05) is 12.4 Å². The Bertz CT molecular complexity index is 677. The lowest BCUT2D eigenvalue weighted by Gasteiger charge is -2.11. The molecule has 0 unspecified atom stereocenters. The first-order valence-electron chi connectivity index (χ1n) is 6.15. The highest BCUT2D eigenvalue weighted by Gasteiger charge is 2.05. The molecule has 3 aromatic carbocycles. The molecule has 19 heavy (non-hydrogen) atoms. The summed E-state index contributed by atoms with van der Waals surface area (Å²) in [5.74, 6) is 0. The summed E-state index contributed by atoms with van der Waals surface area (Å²) in [6.07, 6.45) is 0. The minimum Gasteiger partial charge on any atom is -0.388 e. The largest absolute Gasteiger partial charge is 0.388 e. The molecule has 0 heterocycles. The smallest absolute Gasteiger partial charge is 0.0417 e. The average Bonchev–Trinajstić information content (AvgIpc) is 2.47. The molecule has 0 aliphatic carbocycles. The second kappa shape index (κ2) is 5.77. The number of hydrogen-bond acceptors (Lipinski definition) is 1. The van der Waals surface area contributed by atoms with Crippen LogP contribution in [0, 0.1) is 0 Å². The van der Waals surface area contributed by atoms with E-state index < -0.39 is 0 Å². The maximum Gasteiger partial charge on any atom is 0.0417 e. The topological polar surface area (TPSA) is 12.0 Å². The Morgan fingerprint density at radius 3 is 2.00 bits per heavy atom. The molecular weight excluding hydrogens is 254 g/mol. The molecule has 0 saturated heterocycles. The number of benzene rings is 3. The maximum atomic E-state index is 3.25. The zero-order chi connectivity index (χ0) is 12.4. The van der Waals surface area contributed by atoms with Crippen molar-refractivity contribution in [2.45, 2.75) is 0 Å². The minimum absolute atomic E-state index is 0. The molecule has 0 radical (unpaired) electrons. The standard InChI is InChI=1S/C17H15N.ClH/c1-18-17-12-11-14(13-7-3-2-4-8-13)15-9-5-6-10-16(15)17;/h2-12,18H,1H3;1H. The zero-order valence-electron chi connectivity index (χ0n) is 10.8. The number of anilines is 1. The van der Waals surface area contributed by atoms with Gasteiger partial charge in [0.05, 0.1) is 0 Å². The van der Waals surface area contributed by atoms with Crippen molar-refractivity contribution in [3.8, 4) is 11.1 Å². The van der Waals surface area contributed by atoms with Gasteiger partial charge in [0, 0.05) is 18.1 Å². The van der Waals surface area contributed by atoms with Crippen molar-refractivity contribution >= 4 is 28.9 Å². The number of halogens is 1. The predicted molar refractivity (Wildman–Crippen MR) is 86.2 cm³/mol. The van der Waals surface area contributed by atoms with Gasteiger partial charge < -0.3 is 5.32 Å². The molecule has 96 valence electrons. The van der Waals surface area contributed by atoms with Crippen LogP contribution in [0.25, 0.3) is 21.9 Å². The normalized spacial score (nSPS) is 9.95. The van der Waals surface area contributed by atoms with Gasteiger partial charge in [-0.3, -0.25) is 0 Å². The zero-order valence-corrected chi connectivity index (χ0v) is 11.6. The summed E-state index contributed by atoms with van der Waals surface area (Å²) in [5, 5.41) is 5.80. The Hall–Kier alpha value is -1.99. The molecule has 0 saturated carbocycles. The fourth-order valence-electron chi connectivity index (χ4n) is 2.39. The van der Waals surface area contributed by atoms with Crippen molar-refractivity contribution in [1.29, 1.82) is 0 Å². The Labute approximate surface area is 119 Å². The van der Waals surface area contributed by atoms with E-state index in [0.717, 1.165) is 0 Å². The molecule has 3 rings (SSSR count). The molecule has 0 aliphatic heterocycles. The van der Waals surface area contributed by atoms with Crippen LogP contribution in [-0.4, -0.2) is 7.05 Å². The molecular formula is C17H16ClN. The summed E-state index contributed by atoms with van der Waals surface area (Å²) < 4.78 is 0. The van der Waals surface area contributed by atoms with E-state index in [1.807, 2.05) is 13.1 Å². The molecule has 1 N–H and O–H groups in total. The highest BCUT2D eigenvalue weighted by Crippen LogP contribution is 2.32. The Morgan fingerprint density at radius 1 is 0.684 bits per heavy atom. The highest BCUT2D eigenvalue weighted by atomic mass is 35.5. The Kier molecular flexibility index (Phi) is 4.08. The molecule has 0 aliphatic rings. The van der Waals surface area contributed by atoms with E-state index in [1.165, 1.54) is 27.6 Å². The summed E-state index contributed by atoms with van der Waals surface area (Å²) in [5.41, 5.74) is 3.71. The molecule has 1 nitrogen and oxygen atoms in total. The molecule has 0 spiro atoms. The molecule has 0 atom stereocenters. The van der Waals surface area contributed by atoms with Gasteiger partial charge in [-0.05, 0) is 22.6 Å². The van der Waals surface area contributed by atoms with Crippen LogP contribution in [0.1, 0.15) is 0 Å². The third-order valence-electron chi connectivity index (χ3n) is 3.28. The van der Waals surface area contributed by atoms with Gasteiger partial charge in [-0.2, -0.15) is 0 Å². The molecule has 3 aromatic rings. The monoisotopic (exact) mass is 269 g/mol. The first-order chi connectivity index (χ1) is 8.90. The minimum atomic E-state index is 0. The van der Waals surface area contributed by atoms with Gasteiger partial charge in [-0.25, -0.2) is 0 Å². The van der Waals surface area contributed by atoms with Crippen LogP contribution in [0.2, 0.25) is 0 Å². The lowest BCUT2D eigenvalue weighted by Crippen LogP contribution is -1.90. The van der Waals surface area contributed by atoms with Crippen LogP contribution in [0.15, 0.2) is 66.7 Å². The van der Waals surface area contributed by atoms with E-state index in [1.54, 1.807) is 0 Å². The second-order valence-electron chi connectivity index (χ2n) is 4.32. The van der Waals surface area contributed by atoms with Gasteiger partial charge in [0.2, 0.25) is 0 Å². The van der Waals surface area contributed by atoms with Crippen LogP contribution < -0.4 is 5.32 Å². The summed E-state index contributed by atoms with van der Waals surface area (Å²) in [6, 6.07) is 23.4. The van der Waals surface area contributed by atoms with Gasteiger partial charge in [0.1, 0.15) is 0 Å². The molecule has 2 heteroatoms. The van der Waals surface area contributed by atoms with Gasteiger partial charge in [0.25, 0.3) is 0 Å². The third-order valence-corrected chi connectivity index (χ3v) is 3.28. The summed E-state index contributed by atoms with van der Waals surface area (Å²) in [4.78, 5) is 0. The summed E-state index contributed by atoms with van der Waals surface area (Å²) >= 11 is 0. The van der Waals surface area contributed by atoms with Crippen LogP contribution in [0.5, 0.6) is 0 Å². The van der Waals surface area contributed by atoms with Gasteiger partial charge in [0.15, 0.2) is 0 Å². The average molecular weight is 270 g/mol. The first kappa shape index (κ1) is 13.4. The van der Waals surface area contributed by atoms with Crippen molar-refractivity contribution < 1.29 is 0 Å². The van der Waals surface area contributed by atoms with E-state index >= 15 is 0 Å². The van der Waals surface area contributed by atoms with Crippen LogP contribution in [0.4, 0.5) is 5.69 Å². The van der Waals surface area contributed by atoms with Crippen molar-refractivity contribution in [1.82, 2.24) is 0 Å². The lowest BCUT2D eigenvalue weighted by atomic mass is 9.97. The van der Waals surface area contributed by atoms with Crippen molar-refractivity contribution in [3.63, 3.8) is 0 Å². The van der Waals surface area contributed by atoms with Crippen molar-refractivity contribution in [2.24, 2.45) is 0 Å². The highest BCUT2D eigenvalue weighted by molar-refractivity contribution is 6.03. The SMILES string of the molecule is CNc1ccc(-c2ccccc2)c2ccccc12.Cl. The van der Waals surface area contributed by atoms with E-state index in [4.69, 9.17) is 0 Å². The molecule has 0 aromatic heterocycles. The fourth-order valence-corrected chi connectivity index (χ4v) is 2.39. The predicted octanol–water partition coefficient (Wildman–Crippen LogP) is 4.97. The Morgan fingerprint density at radius 2 is 1.32 bits per heavy atom. The molecule has 0 amide bonds. The van der Waals surface area contributed by atoms with Gasteiger partial charge in [-0.1, -0.05) is 60.7 Å². The van der Waals surface area contributed by atoms with Gasteiger partial charge in [-0.15, -0.1) is 12.4 Å². The van der Waals surface area contributed by atoms with E-state index in [0.29, 0.717) is 0 Å². The number of fused-ring (bicyclic) bond motifs is 1. The number of rotatable bonds is 2. The lowest BCUT2D eigenvalue weighted by molar-refractivity contribution is 1.54. The fraction of sp³-hybridized carbons (Fsp3) is 0.0588. The number of nitrogens with one attached hydrogen (secondary N) is 1. The molecule has 0 fully saturated rings. The third kappa shape index (κ3) is 2.42. The van der Waals surface area contributed by atoms with Crippen LogP contribution >= 0.6 is 12.4 Å². The van der Waals surface area contributed by atoms with Crippen molar-refractivity contribution in [3.05, 3.63) is 66.7 Å². The quantitative estimate of drug-likeness (QED) is 0.693. The first-order valence-corrected chi connectivity index (χ1v) is 6.15. The van der Waals surface area contributed by atoms with E-state index in [9.17, 15) is 0 Å². The van der Waals surface area contributed by atoms with E-state index in [2.05, 4.69) is 66.0 Å². The molecule has 0 bridgehead atoms. The summed E-state index contributed by atoms with van der Waals surface area (Å²) in [6.45, 7) is 0. The maximum absolute atomic E-state index is 3.25. The van der Waals surface area contributed by atoms with Gasteiger partial charge >= 0.3 is 0 Å². The Balaban J connectivity index is 0.00000133. The second-order valence-corrected chi connectivity index (χ2v) is 4.32. The van der Waals surface area contributed by atoms with E-state index in [-0.39, 0.29) is 12.4 Å². The van der Waals surface area contributed by atoms with Crippen LogP contribution in [0.3, 0.4) is 0 Å².